The monoisotopic (exact) mass is 234 g/mol. The number of fused-ring (bicyclic) bond motifs is 1. The van der Waals surface area contributed by atoms with Crippen LogP contribution in [0, 0.1) is 18.3 Å². The maximum Gasteiger partial charge on any atom is 0.235 e. The molecule has 0 radical (unpaired) electrons. The first-order valence-electron chi connectivity index (χ1n) is 5.60. The maximum absolute atomic E-state index is 9.25. The molecule has 0 bridgehead atoms. The van der Waals surface area contributed by atoms with Crippen LogP contribution in [0.15, 0.2) is 42.7 Å². The molecular weight excluding hydrogens is 224 g/mol. The van der Waals surface area contributed by atoms with Crippen molar-refractivity contribution in [2.45, 2.75) is 6.92 Å². The number of nitrogens with zero attached hydrogens (tertiary/aromatic N) is 4. The van der Waals surface area contributed by atoms with Gasteiger partial charge in [0.2, 0.25) is 5.95 Å². The van der Waals surface area contributed by atoms with Gasteiger partial charge in [0.15, 0.2) is 0 Å². The van der Waals surface area contributed by atoms with Crippen molar-refractivity contribution >= 4 is 10.9 Å². The third-order valence-corrected chi connectivity index (χ3v) is 2.89. The summed E-state index contributed by atoms with van der Waals surface area (Å²) >= 11 is 0. The predicted octanol–water partition coefficient (Wildman–Crippen LogP) is 2.60. The van der Waals surface area contributed by atoms with E-state index in [-0.39, 0.29) is 0 Å². The van der Waals surface area contributed by atoms with E-state index >= 15 is 0 Å². The molecule has 2 heterocycles. The summed E-state index contributed by atoms with van der Waals surface area (Å²) in [7, 11) is 0. The Labute approximate surface area is 104 Å². The topological polar surface area (TPSA) is 54.5 Å². The van der Waals surface area contributed by atoms with Crippen LogP contribution in [0.3, 0.4) is 0 Å². The zero-order valence-corrected chi connectivity index (χ0v) is 9.83. The molecule has 0 amide bonds. The minimum absolute atomic E-state index is 0.526. The lowest BCUT2D eigenvalue weighted by atomic mass is 10.2. The molecule has 86 valence electrons. The summed E-state index contributed by atoms with van der Waals surface area (Å²) in [5.41, 5.74) is 2.63. The molecule has 0 atom stereocenters. The molecule has 3 rings (SSSR count). The Kier molecular flexibility index (Phi) is 2.31. The maximum atomic E-state index is 9.25. The number of rotatable bonds is 1. The number of aromatic nitrogens is 3. The van der Waals surface area contributed by atoms with Crippen molar-refractivity contribution in [3.8, 4) is 12.0 Å². The van der Waals surface area contributed by atoms with E-state index in [2.05, 4.69) is 16.0 Å². The highest BCUT2D eigenvalue weighted by Crippen LogP contribution is 2.24. The highest BCUT2D eigenvalue weighted by Gasteiger charge is 2.13. The Hall–Kier alpha value is -2.67. The highest BCUT2D eigenvalue weighted by molar-refractivity contribution is 5.86. The first-order chi connectivity index (χ1) is 8.81. The second-order valence-electron chi connectivity index (χ2n) is 4.04. The Balaban J connectivity index is 2.44. The molecule has 0 saturated carbocycles. The third kappa shape index (κ3) is 1.45. The van der Waals surface area contributed by atoms with Crippen molar-refractivity contribution in [1.82, 2.24) is 14.5 Å². The molecule has 0 spiro atoms. The second-order valence-corrected chi connectivity index (χ2v) is 4.04. The van der Waals surface area contributed by atoms with Gasteiger partial charge < -0.3 is 0 Å². The Bertz CT molecular complexity index is 751. The summed E-state index contributed by atoms with van der Waals surface area (Å²) in [5, 5.41) is 10.3. The van der Waals surface area contributed by atoms with E-state index in [1.54, 1.807) is 23.0 Å². The number of hydrogen-bond acceptors (Lipinski definition) is 3. The van der Waals surface area contributed by atoms with Crippen molar-refractivity contribution in [2.24, 2.45) is 0 Å². The number of para-hydroxylation sites is 1. The quantitative estimate of drug-likeness (QED) is 0.650. The van der Waals surface area contributed by atoms with Crippen molar-refractivity contribution in [1.29, 1.82) is 5.26 Å². The summed E-state index contributed by atoms with van der Waals surface area (Å²) in [6.45, 7) is 2.02. The zero-order valence-electron chi connectivity index (χ0n) is 9.83. The summed E-state index contributed by atoms with van der Waals surface area (Å²) in [4.78, 5) is 8.44. The highest BCUT2D eigenvalue weighted by atomic mass is 15.2. The van der Waals surface area contributed by atoms with Crippen molar-refractivity contribution in [3.05, 3.63) is 54.0 Å². The molecule has 0 aliphatic carbocycles. The molecule has 2 aromatic heterocycles. The van der Waals surface area contributed by atoms with Gasteiger partial charge in [-0.1, -0.05) is 18.2 Å². The van der Waals surface area contributed by atoms with Gasteiger partial charge in [-0.25, -0.2) is 9.97 Å². The van der Waals surface area contributed by atoms with Crippen LogP contribution in [-0.4, -0.2) is 14.5 Å². The van der Waals surface area contributed by atoms with E-state index in [0.717, 1.165) is 16.5 Å². The van der Waals surface area contributed by atoms with E-state index in [9.17, 15) is 5.26 Å². The van der Waals surface area contributed by atoms with Gasteiger partial charge in [-0.3, -0.25) is 4.57 Å². The summed E-state index contributed by atoms with van der Waals surface area (Å²) in [6, 6.07) is 11.8. The molecule has 0 aliphatic rings. The van der Waals surface area contributed by atoms with Gasteiger partial charge in [0.25, 0.3) is 0 Å². The van der Waals surface area contributed by atoms with Gasteiger partial charge in [-0.05, 0) is 24.6 Å². The van der Waals surface area contributed by atoms with Crippen molar-refractivity contribution in [3.63, 3.8) is 0 Å². The van der Waals surface area contributed by atoms with Gasteiger partial charge in [-0.15, -0.1) is 0 Å². The lowest BCUT2D eigenvalue weighted by Gasteiger charge is -2.06. The molecule has 0 aliphatic heterocycles. The standard InChI is InChI=1S/C14H10N4/c1-10-4-2-5-11-8-12(9-15)18(13(10)11)14-16-6-3-7-17-14/h2-8H,1H3. The summed E-state index contributed by atoms with van der Waals surface area (Å²) < 4.78 is 1.80. The fraction of sp³-hybridized carbons (Fsp3) is 0.0714. The number of aryl methyl sites for hydroxylation is 1. The summed E-state index contributed by atoms with van der Waals surface area (Å²) in [6.07, 6.45) is 3.35. The Morgan fingerprint density at radius 3 is 2.67 bits per heavy atom. The SMILES string of the molecule is Cc1cccc2cc(C#N)n(-c3ncccn3)c12. The van der Waals surface area contributed by atoms with Crippen LogP contribution in [0.1, 0.15) is 11.3 Å². The van der Waals surface area contributed by atoms with Crippen LogP contribution in [0.4, 0.5) is 0 Å². The molecule has 18 heavy (non-hydrogen) atoms. The molecule has 0 saturated heterocycles. The Morgan fingerprint density at radius 1 is 1.17 bits per heavy atom. The van der Waals surface area contributed by atoms with E-state index in [4.69, 9.17) is 0 Å². The van der Waals surface area contributed by atoms with Crippen molar-refractivity contribution in [2.75, 3.05) is 0 Å². The van der Waals surface area contributed by atoms with E-state index in [1.807, 2.05) is 31.2 Å². The Morgan fingerprint density at radius 2 is 1.94 bits per heavy atom. The van der Waals surface area contributed by atoms with Crippen LogP contribution in [0.25, 0.3) is 16.9 Å². The second kappa shape index (κ2) is 3.97. The minimum Gasteiger partial charge on any atom is -0.269 e. The fourth-order valence-electron chi connectivity index (χ4n) is 2.13. The number of hydrogen-bond donors (Lipinski definition) is 0. The first-order valence-corrected chi connectivity index (χ1v) is 5.60. The van der Waals surface area contributed by atoms with Gasteiger partial charge in [-0.2, -0.15) is 5.26 Å². The minimum atomic E-state index is 0.526. The van der Waals surface area contributed by atoms with Crippen LogP contribution in [0.5, 0.6) is 0 Å². The predicted molar refractivity (Wildman–Crippen MR) is 68.3 cm³/mol. The molecule has 4 nitrogen and oxygen atoms in total. The normalized spacial score (nSPS) is 10.4. The average Bonchev–Trinajstić information content (AvgIpc) is 2.79. The molecular formula is C14H10N4. The van der Waals surface area contributed by atoms with Gasteiger partial charge in [0.1, 0.15) is 11.8 Å². The van der Waals surface area contributed by atoms with Crippen LogP contribution in [0.2, 0.25) is 0 Å². The van der Waals surface area contributed by atoms with Crippen LogP contribution < -0.4 is 0 Å². The van der Waals surface area contributed by atoms with E-state index in [0.29, 0.717) is 11.6 Å². The largest absolute Gasteiger partial charge is 0.269 e. The van der Waals surface area contributed by atoms with E-state index < -0.39 is 0 Å². The van der Waals surface area contributed by atoms with Crippen LogP contribution in [-0.2, 0) is 0 Å². The molecule has 4 heteroatoms. The smallest absolute Gasteiger partial charge is 0.235 e. The molecule has 1 aromatic carbocycles. The average molecular weight is 234 g/mol. The van der Waals surface area contributed by atoms with Gasteiger partial charge in [0, 0.05) is 17.8 Å². The lowest BCUT2D eigenvalue weighted by Crippen LogP contribution is -2.02. The summed E-state index contributed by atoms with van der Waals surface area (Å²) in [5.74, 6) is 0.526. The lowest BCUT2D eigenvalue weighted by molar-refractivity contribution is 0.945. The first kappa shape index (κ1) is 10.5. The zero-order chi connectivity index (χ0) is 12.5. The molecule has 0 unspecified atom stereocenters. The van der Waals surface area contributed by atoms with E-state index in [1.165, 1.54) is 0 Å². The van der Waals surface area contributed by atoms with Gasteiger partial charge >= 0.3 is 0 Å². The third-order valence-electron chi connectivity index (χ3n) is 2.89. The number of benzene rings is 1. The number of nitriles is 1. The van der Waals surface area contributed by atoms with Crippen molar-refractivity contribution < 1.29 is 0 Å². The van der Waals surface area contributed by atoms with Crippen LogP contribution >= 0.6 is 0 Å². The molecule has 0 fully saturated rings. The fourth-order valence-corrected chi connectivity index (χ4v) is 2.13. The molecule has 0 N–H and O–H groups in total. The molecule has 3 aromatic rings. The van der Waals surface area contributed by atoms with Gasteiger partial charge in [0.05, 0.1) is 5.52 Å².